The van der Waals surface area contributed by atoms with Gasteiger partial charge in [-0.3, -0.25) is 4.79 Å². The van der Waals surface area contributed by atoms with Gasteiger partial charge >= 0.3 is 5.97 Å². The summed E-state index contributed by atoms with van der Waals surface area (Å²) < 4.78 is 10.4. The van der Waals surface area contributed by atoms with Crippen LogP contribution in [0.2, 0.25) is 0 Å². The van der Waals surface area contributed by atoms with Crippen LogP contribution in [0.25, 0.3) is 6.08 Å². The van der Waals surface area contributed by atoms with Crippen LogP contribution in [-0.4, -0.2) is 30.7 Å². The number of anilines is 1. The molecule has 0 saturated heterocycles. The number of hydrogen-bond donors (Lipinski definition) is 2. The lowest BCUT2D eigenvalue weighted by molar-refractivity contribution is -0.112. The number of carbonyl (C=O) groups excluding carboxylic acids is 2. The third kappa shape index (κ3) is 5.11. The molecule has 0 heterocycles. The molecular formula is C20H17BrN2O5. The minimum absolute atomic E-state index is 0.0730. The Morgan fingerprint density at radius 3 is 2.54 bits per heavy atom. The lowest BCUT2D eigenvalue weighted by atomic mass is 10.1. The van der Waals surface area contributed by atoms with Gasteiger partial charge in [0.15, 0.2) is 11.5 Å². The van der Waals surface area contributed by atoms with Gasteiger partial charge in [-0.1, -0.05) is 15.9 Å². The highest BCUT2D eigenvalue weighted by molar-refractivity contribution is 9.10. The van der Waals surface area contributed by atoms with Crippen LogP contribution in [0.4, 0.5) is 5.69 Å². The molecule has 0 saturated carbocycles. The molecule has 0 aliphatic carbocycles. The Bertz CT molecular complexity index is 962. The van der Waals surface area contributed by atoms with Gasteiger partial charge in [-0.15, -0.1) is 0 Å². The van der Waals surface area contributed by atoms with E-state index in [2.05, 4.69) is 21.2 Å². The molecule has 2 N–H and O–H groups in total. The first-order chi connectivity index (χ1) is 13.4. The van der Waals surface area contributed by atoms with E-state index in [4.69, 9.17) is 9.47 Å². The van der Waals surface area contributed by atoms with Crippen LogP contribution in [-0.2, 0) is 9.53 Å². The summed E-state index contributed by atoms with van der Waals surface area (Å²) in [6.07, 6.45) is 1.37. The van der Waals surface area contributed by atoms with Crippen LogP contribution in [0.5, 0.6) is 11.5 Å². The van der Waals surface area contributed by atoms with Gasteiger partial charge in [0.05, 0.1) is 19.3 Å². The average molecular weight is 445 g/mol. The summed E-state index contributed by atoms with van der Waals surface area (Å²) in [5.74, 6) is -0.938. The van der Waals surface area contributed by atoms with Crippen molar-refractivity contribution in [1.29, 1.82) is 5.26 Å². The Balaban J connectivity index is 2.21. The molecule has 0 bridgehead atoms. The Morgan fingerprint density at radius 1 is 1.29 bits per heavy atom. The SMILES string of the molecule is CCOC(=O)c1ccc(NC(=O)/C(C#N)=C/c2cc(OC)c(O)cc2Br)cc1. The van der Waals surface area contributed by atoms with Gasteiger partial charge in [0.1, 0.15) is 11.6 Å². The fourth-order valence-corrected chi connectivity index (χ4v) is 2.69. The van der Waals surface area contributed by atoms with Crippen LogP contribution in [0.1, 0.15) is 22.8 Å². The number of benzene rings is 2. The molecule has 0 atom stereocenters. The van der Waals surface area contributed by atoms with Crippen molar-refractivity contribution in [3.63, 3.8) is 0 Å². The molecule has 0 unspecified atom stereocenters. The van der Waals surface area contributed by atoms with E-state index in [0.717, 1.165) is 0 Å². The molecule has 2 aromatic carbocycles. The van der Waals surface area contributed by atoms with E-state index in [1.165, 1.54) is 37.5 Å². The molecule has 8 heteroatoms. The Kier molecular flexibility index (Phi) is 7.18. The number of nitriles is 1. The number of esters is 1. The Labute approximate surface area is 170 Å². The monoisotopic (exact) mass is 444 g/mol. The van der Waals surface area contributed by atoms with E-state index in [9.17, 15) is 20.0 Å². The highest BCUT2D eigenvalue weighted by atomic mass is 79.9. The summed E-state index contributed by atoms with van der Waals surface area (Å²) >= 11 is 3.27. The standard InChI is InChI=1S/C20H17BrN2O5/c1-3-28-20(26)12-4-6-15(7-5-12)23-19(25)14(11-22)8-13-9-18(27-2)17(24)10-16(13)21/h4-10,24H,3H2,1-2H3,(H,23,25)/b14-8+. The predicted molar refractivity (Wildman–Crippen MR) is 107 cm³/mol. The summed E-state index contributed by atoms with van der Waals surface area (Å²) in [7, 11) is 1.40. The minimum Gasteiger partial charge on any atom is -0.504 e. The molecule has 0 aliphatic rings. The largest absolute Gasteiger partial charge is 0.504 e. The quantitative estimate of drug-likeness (QED) is 0.397. The highest BCUT2D eigenvalue weighted by Gasteiger charge is 2.13. The Morgan fingerprint density at radius 2 is 1.96 bits per heavy atom. The number of halogens is 1. The van der Waals surface area contributed by atoms with Gasteiger partial charge in [0, 0.05) is 10.2 Å². The third-order valence-electron chi connectivity index (χ3n) is 3.62. The molecule has 0 aliphatic heterocycles. The second-order valence-electron chi connectivity index (χ2n) is 5.47. The number of ether oxygens (including phenoxy) is 2. The van der Waals surface area contributed by atoms with Crippen molar-refractivity contribution < 1.29 is 24.2 Å². The maximum atomic E-state index is 12.4. The minimum atomic E-state index is -0.620. The van der Waals surface area contributed by atoms with Crippen LogP contribution in [0.3, 0.4) is 0 Å². The molecule has 7 nitrogen and oxygen atoms in total. The van der Waals surface area contributed by atoms with E-state index < -0.39 is 11.9 Å². The maximum absolute atomic E-state index is 12.4. The van der Waals surface area contributed by atoms with Gasteiger partial charge < -0.3 is 19.9 Å². The van der Waals surface area contributed by atoms with Gasteiger partial charge in [-0.25, -0.2) is 4.79 Å². The molecule has 0 fully saturated rings. The van der Waals surface area contributed by atoms with E-state index in [1.54, 1.807) is 19.1 Å². The zero-order valence-corrected chi connectivity index (χ0v) is 16.7. The van der Waals surface area contributed by atoms with Crippen LogP contribution >= 0.6 is 15.9 Å². The zero-order valence-electron chi connectivity index (χ0n) is 15.2. The summed E-state index contributed by atoms with van der Waals surface area (Å²) in [4.78, 5) is 24.1. The third-order valence-corrected chi connectivity index (χ3v) is 4.30. The first kappa shape index (κ1) is 21.0. The summed E-state index contributed by atoms with van der Waals surface area (Å²) in [5.41, 5.74) is 1.11. The van der Waals surface area contributed by atoms with Crippen LogP contribution < -0.4 is 10.1 Å². The van der Waals surface area contributed by atoms with E-state index in [1.807, 2.05) is 6.07 Å². The van der Waals surface area contributed by atoms with Crippen molar-refractivity contribution in [3.05, 3.63) is 57.6 Å². The average Bonchev–Trinajstić information content (AvgIpc) is 2.68. The highest BCUT2D eigenvalue weighted by Crippen LogP contribution is 2.33. The molecule has 0 radical (unpaired) electrons. The first-order valence-corrected chi connectivity index (χ1v) is 8.95. The molecule has 0 aromatic heterocycles. The number of nitrogens with one attached hydrogen (secondary N) is 1. The topological polar surface area (TPSA) is 109 Å². The molecule has 28 heavy (non-hydrogen) atoms. The number of carbonyl (C=O) groups is 2. The maximum Gasteiger partial charge on any atom is 0.338 e. The van der Waals surface area contributed by atoms with Crippen molar-refractivity contribution in [3.8, 4) is 17.6 Å². The van der Waals surface area contributed by atoms with Crippen LogP contribution in [0.15, 0.2) is 46.4 Å². The number of methoxy groups -OCH3 is 1. The molecule has 0 spiro atoms. The Hall–Kier alpha value is -3.31. The smallest absolute Gasteiger partial charge is 0.338 e. The van der Waals surface area contributed by atoms with Gasteiger partial charge in [0.25, 0.3) is 5.91 Å². The number of phenols is 1. The van der Waals surface area contributed by atoms with E-state index in [-0.39, 0.29) is 23.7 Å². The molecular weight excluding hydrogens is 428 g/mol. The van der Waals surface area contributed by atoms with Gasteiger partial charge in [0.2, 0.25) is 0 Å². The molecule has 144 valence electrons. The van der Waals surface area contributed by atoms with Crippen molar-refractivity contribution in [2.24, 2.45) is 0 Å². The van der Waals surface area contributed by atoms with Crippen molar-refractivity contribution in [1.82, 2.24) is 0 Å². The fraction of sp³-hybridized carbons (Fsp3) is 0.150. The number of rotatable bonds is 6. The van der Waals surface area contributed by atoms with E-state index >= 15 is 0 Å². The van der Waals surface area contributed by atoms with Gasteiger partial charge in [-0.05, 0) is 55.0 Å². The van der Waals surface area contributed by atoms with Crippen LogP contribution in [0, 0.1) is 11.3 Å². The van der Waals surface area contributed by atoms with E-state index in [0.29, 0.717) is 21.3 Å². The number of phenolic OH excluding ortho intramolecular Hbond substituents is 1. The summed E-state index contributed by atoms with van der Waals surface area (Å²) in [6, 6.07) is 10.9. The lowest BCUT2D eigenvalue weighted by Gasteiger charge is -2.08. The second kappa shape index (κ2) is 9.58. The summed E-state index contributed by atoms with van der Waals surface area (Å²) in [6.45, 7) is 1.98. The predicted octanol–water partition coefficient (Wildman–Crippen LogP) is 3.89. The summed E-state index contributed by atoms with van der Waals surface area (Å²) in [5, 5.41) is 21.7. The number of nitrogens with zero attached hydrogens (tertiary/aromatic N) is 1. The fourth-order valence-electron chi connectivity index (χ4n) is 2.24. The van der Waals surface area contributed by atoms with Crippen molar-refractivity contribution in [2.45, 2.75) is 6.92 Å². The van der Waals surface area contributed by atoms with Crippen molar-refractivity contribution in [2.75, 3.05) is 19.0 Å². The molecule has 2 rings (SSSR count). The number of aromatic hydroxyl groups is 1. The zero-order chi connectivity index (χ0) is 20.7. The normalized spacial score (nSPS) is 10.7. The number of hydrogen-bond acceptors (Lipinski definition) is 6. The first-order valence-electron chi connectivity index (χ1n) is 8.16. The second-order valence-corrected chi connectivity index (χ2v) is 6.32. The molecule has 2 aromatic rings. The molecule has 1 amide bonds. The van der Waals surface area contributed by atoms with Crippen molar-refractivity contribution >= 4 is 39.6 Å². The van der Waals surface area contributed by atoms with Gasteiger partial charge in [-0.2, -0.15) is 5.26 Å². The lowest BCUT2D eigenvalue weighted by Crippen LogP contribution is -2.13. The number of amides is 1.